The highest BCUT2D eigenvalue weighted by molar-refractivity contribution is 5.96. The van der Waals surface area contributed by atoms with Crippen molar-refractivity contribution >= 4 is 11.1 Å². The SMILES string of the molecule is CC(C)N1C(C#N)=C(c2ccccc2)c2ccccc2C(c2ccccc2)=C1C#N. The van der Waals surface area contributed by atoms with Crippen LogP contribution in [0.3, 0.4) is 0 Å². The van der Waals surface area contributed by atoms with Crippen molar-refractivity contribution in [1.29, 1.82) is 10.5 Å². The van der Waals surface area contributed by atoms with Crippen LogP contribution < -0.4 is 0 Å². The zero-order chi connectivity index (χ0) is 21.1. The molecule has 3 nitrogen and oxygen atoms in total. The molecule has 0 N–H and O–H groups in total. The molecule has 1 aliphatic rings. The first-order valence-electron chi connectivity index (χ1n) is 9.96. The molecule has 0 saturated heterocycles. The molecular weight excluding hydrogens is 366 g/mol. The molecule has 0 atom stereocenters. The number of benzene rings is 3. The maximum Gasteiger partial charge on any atom is 0.129 e. The summed E-state index contributed by atoms with van der Waals surface area (Å²) < 4.78 is 0. The molecule has 3 heteroatoms. The molecule has 4 rings (SSSR count). The Kier molecular flexibility index (Phi) is 5.21. The Balaban J connectivity index is 2.18. The van der Waals surface area contributed by atoms with Crippen LogP contribution in [0.5, 0.6) is 0 Å². The molecule has 0 unspecified atom stereocenters. The fourth-order valence-electron chi connectivity index (χ4n) is 4.06. The van der Waals surface area contributed by atoms with Gasteiger partial charge in [0.1, 0.15) is 23.5 Å². The van der Waals surface area contributed by atoms with E-state index in [2.05, 4.69) is 12.1 Å². The Labute approximate surface area is 177 Å². The molecule has 1 heterocycles. The van der Waals surface area contributed by atoms with Gasteiger partial charge in [-0.2, -0.15) is 10.5 Å². The van der Waals surface area contributed by atoms with Crippen molar-refractivity contribution < 1.29 is 0 Å². The topological polar surface area (TPSA) is 50.8 Å². The third-order valence-corrected chi connectivity index (χ3v) is 5.27. The Morgan fingerprint density at radius 3 is 1.30 bits per heavy atom. The lowest BCUT2D eigenvalue weighted by atomic mass is 9.87. The number of hydrogen-bond acceptors (Lipinski definition) is 3. The Morgan fingerprint density at radius 2 is 0.967 bits per heavy atom. The lowest BCUT2D eigenvalue weighted by Gasteiger charge is -2.28. The van der Waals surface area contributed by atoms with Gasteiger partial charge in [-0.15, -0.1) is 0 Å². The van der Waals surface area contributed by atoms with Crippen LogP contribution in [0.2, 0.25) is 0 Å². The molecule has 0 spiro atoms. The minimum atomic E-state index is -0.0685. The van der Waals surface area contributed by atoms with Crippen molar-refractivity contribution in [3.8, 4) is 12.1 Å². The summed E-state index contributed by atoms with van der Waals surface area (Å²) >= 11 is 0. The highest BCUT2D eigenvalue weighted by Gasteiger charge is 2.31. The molecular formula is C27H21N3. The second-order valence-corrected chi connectivity index (χ2v) is 7.41. The van der Waals surface area contributed by atoms with Crippen molar-refractivity contribution in [3.63, 3.8) is 0 Å². The molecule has 0 fully saturated rings. The van der Waals surface area contributed by atoms with Crippen LogP contribution in [0.1, 0.15) is 36.1 Å². The Bertz CT molecular complexity index is 1130. The highest BCUT2D eigenvalue weighted by Crippen LogP contribution is 2.42. The third kappa shape index (κ3) is 3.17. The molecule has 0 bridgehead atoms. The molecule has 3 aromatic carbocycles. The molecule has 1 aliphatic heterocycles. The average molecular weight is 387 g/mol. The van der Waals surface area contributed by atoms with Gasteiger partial charge in [-0.1, -0.05) is 84.9 Å². The van der Waals surface area contributed by atoms with Gasteiger partial charge in [-0.05, 0) is 36.1 Å². The molecule has 0 aliphatic carbocycles. The van der Waals surface area contributed by atoms with Gasteiger partial charge >= 0.3 is 0 Å². The average Bonchev–Trinajstić information content (AvgIpc) is 2.92. The summed E-state index contributed by atoms with van der Waals surface area (Å²) in [5.74, 6) is 0. The summed E-state index contributed by atoms with van der Waals surface area (Å²) in [6.45, 7) is 4.02. The second kappa shape index (κ2) is 8.11. The van der Waals surface area contributed by atoms with Crippen LogP contribution in [-0.4, -0.2) is 10.9 Å². The number of rotatable bonds is 3. The number of allylic oxidation sites excluding steroid dienone is 2. The monoisotopic (exact) mass is 387 g/mol. The second-order valence-electron chi connectivity index (χ2n) is 7.41. The summed E-state index contributed by atoms with van der Waals surface area (Å²) in [5.41, 5.74) is 6.50. The summed E-state index contributed by atoms with van der Waals surface area (Å²) in [7, 11) is 0. The number of hydrogen-bond donors (Lipinski definition) is 0. The van der Waals surface area contributed by atoms with Crippen LogP contribution in [0.4, 0.5) is 0 Å². The van der Waals surface area contributed by atoms with Crippen molar-refractivity contribution in [1.82, 2.24) is 4.90 Å². The molecule has 0 aromatic heterocycles. The first-order valence-corrected chi connectivity index (χ1v) is 9.96. The van der Waals surface area contributed by atoms with E-state index in [-0.39, 0.29) is 6.04 Å². The van der Waals surface area contributed by atoms with Gasteiger partial charge in [-0.25, -0.2) is 0 Å². The zero-order valence-corrected chi connectivity index (χ0v) is 17.0. The number of fused-ring (bicyclic) bond motifs is 1. The predicted octanol–water partition coefficient (Wildman–Crippen LogP) is 5.98. The number of nitrogens with zero attached hydrogens (tertiary/aromatic N) is 3. The first kappa shape index (κ1) is 19.2. The van der Waals surface area contributed by atoms with Gasteiger partial charge in [0.25, 0.3) is 0 Å². The Morgan fingerprint density at radius 1 is 0.600 bits per heavy atom. The van der Waals surface area contributed by atoms with E-state index in [0.717, 1.165) is 33.4 Å². The van der Waals surface area contributed by atoms with E-state index in [1.807, 2.05) is 104 Å². The third-order valence-electron chi connectivity index (χ3n) is 5.27. The molecule has 144 valence electrons. The highest BCUT2D eigenvalue weighted by atomic mass is 15.2. The normalized spacial score (nSPS) is 13.6. The molecule has 0 saturated carbocycles. The van der Waals surface area contributed by atoms with Gasteiger partial charge in [0.2, 0.25) is 0 Å². The maximum absolute atomic E-state index is 10.3. The van der Waals surface area contributed by atoms with E-state index in [1.165, 1.54) is 0 Å². The van der Waals surface area contributed by atoms with Crippen LogP contribution in [0.25, 0.3) is 11.1 Å². The van der Waals surface area contributed by atoms with Gasteiger partial charge in [0, 0.05) is 17.2 Å². The summed E-state index contributed by atoms with van der Waals surface area (Å²) in [6, 6.07) is 32.7. The van der Waals surface area contributed by atoms with E-state index < -0.39 is 0 Å². The lowest BCUT2D eigenvalue weighted by Crippen LogP contribution is -2.29. The Hall–Kier alpha value is -4.08. The van der Waals surface area contributed by atoms with Gasteiger partial charge in [0.15, 0.2) is 0 Å². The van der Waals surface area contributed by atoms with E-state index in [0.29, 0.717) is 11.4 Å². The van der Waals surface area contributed by atoms with E-state index in [9.17, 15) is 10.5 Å². The van der Waals surface area contributed by atoms with Crippen molar-refractivity contribution in [2.45, 2.75) is 19.9 Å². The first-order chi connectivity index (χ1) is 14.7. The minimum absolute atomic E-state index is 0.0685. The van der Waals surface area contributed by atoms with Crippen LogP contribution >= 0.6 is 0 Å². The van der Waals surface area contributed by atoms with Crippen LogP contribution in [0, 0.1) is 22.7 Å². The van der Waals surface area contributed by atoms with Gasteiger partial charge < -0.3 is 4.90 Å². The van der Waals surface area contributed by atoms with E-state index in [1.54, 1.807) is 0 Å². The number of nitriles is 2. The van der Waals surface area contributed by atoms with Crippen molar-refractivity contribution in [2.24, 2.45) is 0 Å². The van der Waals surface area contributed by atoms with E-state index >= 15 is 0 Å². The summed E-state index contributed by atoms with van der Waals surface area (Å²) in [4.78, 5) is 1.88. The lowest BCUT2D eigenvalue weighted by molar-refractivity contribution is 0.382. The van der Waals surface area contributed by atoms with Gasteiger partial charge in [-0.3, -0.25) is 0 Å². The largest absolute Gasteiger partial charge is 0.321 e. The quantitative estimate of drug-likeness (QED) is 0.556. The smallest absolute Gasteiger partial charge is 0.129 e. The van der Waals surface area contributed by atoms with Crippen LogP contribution in [-0.2, 0) is 0 Å². The molecule has 0 amide bonds. The molecule has 30 heavy (non-hydrogen) atoms. The molecule has 0 radical (unpaired) electrons. The van der Waals surface area contributed by atoms with Crippen molar-refractivity contribution in [3.05, 3.63) is 119 Å². The summed E-state index contributed by atoms with van der Waals surface area (Å²) in [6.07, 6.45) is 0. The van der Waals surface area contributed by atoms with Gasteiger partial charge in [0.05, 0.1) is 0 Å². The molecule has 3 aromatic rings. The van der Waals surface area contributed by atoms with Crippen LogP contribution in [0.15, 0.2) is 96.3 Å². The fourth-order valence-corrected chi connectivity index (χ4v) is 4.06. The zero-order valence-electron chi connectivity index (χ0n) is 17.0. The summed E-state index contributed by atoms with van der Waals surface area (Å²) in [5, 5.41) is 20.6. The standard InChI is InChI=1S/C27H21N3/c1-19(2)30-24(17-28)26(20-11-5-3-6-12-20)22-15-9-10-16-23(22)27(25(30)18-29)21-13-7-4-8-14-21/h3-16,19H,1-2H3. The van der Waals surface area contributed by atoms with E-state index in [4.69, 9.17) is 0 Å². The van der Waals surface area contributed by atoms with Crippen molar-refractivity contribution in [2.75, 3.05) is 0 Å². The predicted molar refractivity (Wildman–Crippen MR) is 120 cm³/mol. The fraction of sp³-hybridized carbons (Fsp3) is 0.111. The minimum Gasteiger partial charge on any atom is -0.321 e. The maximum atomic E-state index is 10.3.